The molecule has 0 spiro atoms. The van der Waals surface area contributed by atoms with Crippen LogP contribution in [0.1, 0.15) is 5.56 Å². The van der Waals surface area contributed by atoms with Gasteiger partial charge in [0.1, 0.15) is 5.75 Å². The van der Waals surface area contributed by atoms with Crippen LogP contribution in [0.25, 0.3) is 21.8 Å². The molecule has 0 aliphatic rings. The second-order valence-corrected chi connectivity index (χ2v) is 10.7. The highest BCUT2D eigenvalue weighted by atomic mass is 32.2. The molecule has 0 unspecified atom stereocenters. The average molecular weight is 501 g/mol. The third kappa shape index (κ3) is 4.43. The minimum Gasteiger partial charge on any atom is -0.497 e. The van der Waals surface area contributed by atoms with Gasteiger partial charge in [-0.25, -0.2) is 8.42 Å². The number of nitrogens with zero attached hydrogens (tertiary/aromatic N) is 2. The van der Waals surface area contributed by atoms with Gasteiger partial charge in [-0.15, -0.1) is 0 Å². The van der Waals surface area contributed by atoms with Crippen LogP contribution in [-0.2, 0) is 16.6 Å². The van der Waals surface area contributed by atoms with Gasteiger partial charge in [-0.3, -0.25) is 4.31 Å². The molecule has 0 aliphatic carbocycles. The molecule has 0 saturated carbocycles. The van der Waals surface area contributed by atoms with Gasteiger partial charge in [-0.2, -0.15) is 0 Å². The molecule has 0 aliphatic heterocycles. The number of methoxy groups -OCH3 is 1. The van der Waals surface area contributed by atoms with Gasteiger partial charge in [-0.1, -0.05) is 54.1 Å². The molecular formula is C29H28N2O4S. The fourth-order valence-corrected chi connectivity index (χ4v) is 6.09. The summed E-state index contributed by atoms with van der Waals surface area (Å²) in [7, 11) is -2.37. The highest BCUT2D eigenvalue weighted by molar-refractivity contribution is 7.92. The molecule has 1 heterocycles. The molecule has 5 rings (SSSR count). The molecule has 0 amide bonds. The monoisotopic (exact) mass is 500 g/mol. The van der Waals surface area contributed by atoms with E-state index in [4.69, 9.17) is 4.74 Å². The Morgan fingerprint density at radius 1 is 0.833 bits per heavy atom. The quantitative estimate of drug-likeness (QED) is 0.311. The van der Waals surface area contributed by atoms with Crippen molar-refractivity contribution in [3.05, 3.63) is 103 Å². The SMILES string of the molecule is COc1ccc(N(C[C@@H](O)Cn2c3ccccc3c3ccccc32)S(=O)(=O)c2ccc(C)cc2)cc1. The summed E-state index contributed by atoms with van der Waals surface area (Å²) in [4.78, 5) is 0.174. The number of para-hydroxylation sites is 2. The van der Waals surface area contributed by atoms with Crippen molar-refractivity contribution in [2.75, 3.05) is 18.0 Å². The first-order valence-electron chi connectivity index (χ1n) is 11.8. The Morgan fingerprint density at radius 2 is 1.39 bits per heavy atom. The standard InChI is InChI=1S/C29H28N2O4S/c1-21-11-17-25(18-12-21)36(33,34)31(22-13-15-24(35-2)16-14-22)20-23(32)19-30-28-9-5-3-7-26(28)27-8-4-6-10-29(27)30/h3-18,23,32H,19-20H2,1-2H3/t23-/m0/s1. The summed E-state index contributed by atoms with van der Waals surface area (Å²) in [6.45, 7) is 2.04. The van der Waals surface area contributed by atoms with Crippen LogP contribution < -0.4 is 9.04 Å². The number of sulfonamides is 1. The maximum Gasteiger partial charge on any atom is 0.264 e. The summed E-state index contributed by atoms with van der Waals surface area (Å²) in [5, 5.41) is 13.5. The van der Waals surface area contributed by atoms with Crippen molar-refractivity contribution in [2.45, 2.75) is 24.5 Å². The Balaban J connectivity index is 1.52. The molecule has 0 bridgehead atoms. The molecule has 0 fully saturated rings. The first kappa shape index (κ1) is 23.9. The van der Waals surface area contributed by atoms with E-state index in [1.54, 1.807) is 55.6 Å². The van der Waals surface area contributed by atoms with Crippen LogP contribution in [0, 0.1) is 6.92 Å². The number of aryl methyl sites for hydroxylation is 1. The number of rotatable bonds is 8. The van der Waals surface area contributed by atoms with Crippen molar-refractivity contribution >= 4 is 37.5 Å². The molecule has 6 nitrogen and oxygen atoms in total. The van der Waals surface area contributed by atoms with Crippen LogP contribution in [0.4, 0.5) is 5.69 Å². The Bertz CT molecular complexity index is 1550. The van der Waals surface area contributed by atoms with Gasteiger partial charge in [0.2, 0.25) is 0 Å². The normalized spacial score (nSPS) is 12.6. The lowest BCUT2D eigenvalue weighted by atomic mass is 10.2. The molecule has 5 aromatic rings. The average Bonchev–Trinajstić information content (AvgIpc) is 3.21. The van der Waals surface area contributed by atoms with Gasteiger partial charge in [0.05, 0.1) is 36.9 Å². The molecule has 1 atom stereocenters. The van der Waals surface area contributed by atoms with Gasteiger partial charge in [0, 0.05) is 21.8 Å². The smallest absolute Gasteiger partial charge is 0.264 e. The first-order chi connectivity index (χ1) is 17.4. The van der Waals surface area contributed by atoms with E-state index in [0.717, 1.165) is 27.4 Å². The summed E-state index contributed by atoms with van der Waals surface area (Å²) in [5.41, 5.74) is 3.42. The van der Waals surface area contributed by atoms with Gasteiger partial charge in [0.25, 0.3) is 10.0 Å². The maximum atomic E-state index is 13.7. The van der Waals surface area contributed by atoms with Crippen molar-refractivity contribution in [3.63, 3.8) is 0 Å². The fourth-order valence-electron chi connectivity index (χ4n) is 4.59. The van der Waals surface area contributed by atoms with E-state index in [-0.39, 0.29) is 18.0 Å². The van der Waals surface area contributed by atoms with Crippen molar-refractivity contribution in [1.82, 2.24) is 4.57 Å². The Kier molecular flexibility index (Phi) is 6.43. The fraction of sp³-hybridized carbons (Fsp3) is 0.172. The van der Waals surface area contributed by atoms with E-state index in [0.29, 0.717) is 11.4 Å². The number of benzene rings is 4. The van der Waals surface area contributed by atoms with E-state index in [1.807, 2.05) is 43.3 Å². The number of ether oxygens (including phenoxy) is 1. The predicted octanol–water partition coefficient (Wildman–Crippen LogP) is 5.37. The number of anilines is 1. The van der Waals surface area contributed by atoms with Gasteiger partial charge in [-0.05, 0) is 55.5 Å². The number of aliphatic hydroxyl groups is 1. The molecule has 184 valence electrons. The van der Waals surface area contributed by atoms with Gasteiger partial charge in [0.15, 0.2) is 0 Å². The minimum atomic E-state index is -3.93. The predicted molar refractivity (Wildman–Crippen MR) is 144 cm³/mol. The second kappa shape index (κ2) is 9.68. The molecule has 7 heteroatoms. The summed E-state index contributed by atoms with van der Waals surface area (Å²) < 4.78 is 36.0. The number of hydrogen-bond donors (Lipinski definition) is 1. The van der Waals surface area contributed by atoms with E-state index >= 15 is 0 Å². The molecule has 4 aromatic carbocycles. The van der Waals surface area contributed by atoms with E-state index < -0.39 is 16.1 Å². The summed E-state index contributed by atoms with van der Waals surface area (Å²) >= 11 is 0. The van der Waals surface area contributed by atoms with Crippen molar-refractivity contribution in [3.8, 4) is 5.75 Å². The lowest BCUT2D eigenvalue weighted by Crippen LogP contribution is -2.39. The van der Waals surface area contributed by atoms with Crippen LogP contribution in [0.3, 0.4) is 0 Å². The number of aliphatic hydroxyl groups excluding tert-OH is 1. The van der Waals surface area contributed by atoms with E-state index in [9.17, 15) is 13.5 Å². The maximum absolute atomic E-state index is 13.7. The van der Waals surface area contributed by atoms with Crippen LogP contribution in [-0.4, -0.2) is 37.8 Å². The zero-order valence-electron chi connectivity index (χ0n) is 20.2. The molecular weight excluding hydrogens is 472 g/mol. The van der Waals surface area contributed by atoms with Crippen molar-refractivity contribution in [1.29, 1.82) is 0 Å². The molecule has 1 aromatic heterocycles. The summed E-state index contributed by atoms with van der Waals surface area (Å²) in [6.07, 6.45) is -0.966. The van der Waals surface area contributed by atoms with E-state index in [1.165, 1.54) is 4.31 Å². The largest absolute Gasteiger partial charge is 0.497 e. The number of aromatic nitrogens is 1. The molecule has 0 radical (unpaired) electrons. The Hall–Kier alpha value is -3.81. The number of fused-ring (bicyclic) bond motifs is 3. The van der Waals surface area contributed by atoms with Crippen molar-refractivity contribution < 1.29 is 18.3 Å². The van der Waals surface area contributed by atoms with Crippen LogP contribution in [0.5, 0.6) is 5.75 Å². The molecule has 1 N–H and O–H groups in total. The summed E-state index contributed by atoms with van der Waals surface area (Å²) in [6, 6.07) is 29.6. The second-order valence-electron chi connectivity index (χ2n) is 8.85. The zero-order valence-corrected chi connectivity index (χ0v) is 21.0. The Morgan fingerprint density at radius 3 is 1.94 bits per heavy atom. The molecule has 0 saturated heterocycles. The highest BCUT2D eigenvalue weighted by Gasteiger charge is 2.28. The lowest BCUT2D eigenvalue weighted by molar-refractivity contribution is 0.166. The highest BCUT2D eigenvalue weighted by Crippen LogP contribution is 2.30. The summed E-state index contributed by atoms with van der Waals surface area (Å²) in [5.74, 6) is 0.622. The third-order valence-corrected chi connectivity index (χ3v) is 8.23. The van der Waals surface area contributed by atoms with Crippen LogP contribution >= 0.6 is 0 Å². The van der Waals surface area contributed by atoms with Crippen molar-refractivity contribution in [2.24, 2.45) is 0 Å². The topological polar surface area (TPSA) is 71.8 Å². The Labute approximate surface area is 211 Å². The van der Waals surface area contributed by atoms with Crippen LogP contribution in [0.15, 0.2) is 102 Å². The van der Waals surface area contributed by atoms with Gasteiger partial charge >= 0.3 is 0 Å². The third-order valence-electron chi connectivity index (χ3n) is 6.42. The lowest BCUT2D eigenvalue weighted by Gasteiger charge is -2.27. The minimum absolute atomic E-state index is 0.108. The number of hydrogen-bond acceptors (Lipinski definition) is 4. The van der Waals surface area contributed by atoms with E-state index in [2.05, 4.69) is 16.7 Å². The first-order valence-corrected chi connectivity index (χ1v) is 13.2. The molecule has 36 heavy (non-hydrogen) atoms. The van der Waals surface area contributed by atoms with Gasteiger partial charge < -0.3 is 14.4 Å². The zero-order chi connectivity index (χ0) is 25.3. The van der Waals surface area contributed by atoms with Crippen LogP contribution in [0.2, 0.25) is 0 Å².